The van der Waals surface area contributed by atoms with E-state index < -0.39 is 0 Å². The maximum atomic E-state index is 4.45. The molecule has 27 heavy (non-hydrogen) atoms. The summed E-state index contributed by atoms with van der Waals surface area (Å²) in [6, 6.07) is 21.2. The molecule has 0 unspecified atom stereocenters. The van der Waals surface area contributed by atoms with Gasteiger partial charge in [-0.25, -0.2) is 4.68 Å². The molecule has 6 heteroatoms. The van der Waals surface area contributed by atoms with Gasteiger partial charge in [0.1, 0.15) is 0 Å². The summed E-state index contributed by atoms with van der Waals surface area (Å²) in [6.07, 6.45) is 0.920. The lowest BCUT2D eigenvalue weighted by molar-refractivity contribution is 0.121. The van der Waals surface area contributed by atoms with Gasteiger partial charge in [-0.2, -0.15) is 0 Å². The van der Waals surface area contributed by atoms with Crippen LogP contribution in [0.3, 0.4) is 0 Å². The van der Waals surface area contributed by atoms with Crippen LogP contribution in [0, 0.1) is 0 Å². The van der Waals surface area contributed by atoms with Gasteiger partial charge < -0.3 is 4.90 Å². The molecule has 0 aliphatic carbocycles. The maximum absolute atomic E-state index is 4.45. The summed E-state index contributed by atoms with van der Waals surface area (Å²) < 4.78 is 1.98. The van der Waals surface area contributed by atoms with Gasteiger partial charge in [0.15, 0.2) is 5.82 Å². The number of hydrogen-bond donors (Lipinski definition) is 0. The summed E-state index contributed by atoms with van der Waals surface area (Å²) in [6.45, 7) is 4.94. The highest BCUT2D eigenvalue weighted by Gasteiger charge is 2.29. The van der Waals surface area contributed by atoms with Crippen molar-refractivity contribution in [3.63, 3.8) is 0 Å². The third-order valence-corrected chi connectivity index (χ3v) is 5.28. The number of piperazine rings is 1. The van der Waals surface area contributed by atoms with Crippen LogP contribution in [-0.2, 0) is 13.0 Å². The number of rotatable bonds is 6. The Balaban J connectivity index is 1.60. The average molecular weight is 362 g/mol. The van der Waals surface area contributed by atoms with Crippen molar-refractivity contribution in [2.75, 3.05) is 33.2 Å². The van der Waals surface area contributed by atoms with Crippen molar-refractivity contribution in [1.29, 1.82) is 0 Å². The Morgan fingerprint density at radius 3 is 2.26 bits per heavy atom. The van der Waals surface area contributed by atoms with Crippen molar-refractivity contribution in [3.8, 4) is 0 Å². The van der Waals surface area contributed by atoms with E-state index in [1.54, 1.807) is 0 Å². The van der Waals surface area contributed by atoms with Gasteiger partial charge in [-0.1, -0.05) is 60.7 Å². The number of hydrogen-bond acceptors (Lipinski definition) is 5. The highest BCUT2D eigenvalue weighted by Crippen LogP contribution is 2.27. The van der Waals surface area contributed by atoms with Crippen molar-refractivity contribution in [1.82, 2.24) is 30.0 Å². The molecule has 1 saturated heterocycles. The second kappa shape index (κ2) is 8.41. The van der Waals surface area contributed by atoms with E-state index in [9.17, 15) is 0 Å². The summed E-state index contributed by atoms with van der Waals surface area (Å²) in [5.74, 6) is 0.932. The first-order valence-electron chi connectivity index (χ1n) is 9.59. The first-order valence-corrected chi connectivity index (χ1v) is 9.59. The van der Waals surface area contributed by atoms with Crippen LogP contribution in [0.15, 0.2) is 60.7 Å². The maximum Gasteiger partial charge on any atom is 0.173 e. The lowest BCUT2D eigenvalue weighted by Gasteiger charge is -2.37. The molecule has 1 fully saturated rings. The lowest BCUT2D eigenvalue weighted by Crippen LogP contribution is -2.46. The molecule has 0 N–H and O–H groups in total. The standard InChI is InChI=1S/C21H26N6/c1-25-14-16-26(17-15-25)20(19-10-6-3-7-11-19)21-22-23-24-27(21)13-12-18-8-4-2-5-9-18/h2-11,20H,12-17H2,1H3/t20-/m1/s1. The Kier molecular flexibility index (Phi) is 5.55. The molecule has 0 amide bonds. The molecule has 3 aromatic rings. The fraction of sp³-hybridized carbons (Fsp3) is 0.381. The molecule has 1 aliphatic rings. The molecule has 2 aromatic carbocycles. The smallest absolute Gasteiger partial charge is 0.173 e. The third-order valence-electron chi connectivity index (χ3n) is 5.28. The topological polar surface area (TPSA) is 50.1 Å². The van der Waals surface area contributed by atoms with E-state index in [2.05, 4.69) is 87.0 Å². The Morgan fingerprint density at radius 2 is 1.56 bits per heavy atom. The summed E-state index contributed by atoms with van der Waals surface area (Å²) >= 11 is 0. The van der Waals surface area contributed by atoms with Crippen LogP contribution in [0.25, 0.3) is 0 Å². The summed E-state index contributed by atoms with van der Waals surface area (Å²) in [7, 11) is 2.18. The van der Waals surface area contributed by atoms with E-state index in [1.165, 1.54) is 11.1 Å². The van der Waals surface area contributed by atoms with Crippen LogP contribution in [0.4, 0.5) is 0 Å². The van der Waals surface area contributed by atoms with Gasteiger partial charge in [0.2, 0.25) is 0 Å². The summed E-state index contributed by atoms with van der Waals surface area (Å²) in [4.78, 5) is 4.87. The molecule has 4 rings (SSSR count). The van der Waals surface area contributed by atoms with Crippen LogP contribution in [0.1, 0.15) is 23.0 Å². The molecule has 6 nitrogen and oxygen atoms in total. The molecule has 1 aliphatic heterocycles. The Bertz CT molecular complexity index is 824. The molecule has 2 heterocycles. The van der Waals surface area contributed by atoms with Gasteiger partial charge in [-0.15, -0.1) is 5.10 Å². The number of likely N-dealkylation sites (N-methyl/N-ethyl adjacent to an activating group) is 1. The lowest BCUT2D eigenvalue weighted by atomic mass is 10.0. The van der Waals surface area contributed by atoms with Gasteiger partial charge in [0.25, 0.3) is 0 Å². The summed E-state index contributed by atoms with van der Waals surface area (Å²) in [5, 5.41) is 12.8. The van der Waals surface area contributed by atoms with E-state index in [4.69, 9.17) is 0 Å². The quantitative estimate of drug-likeness (QED) is 0.673. The fourth-order valence-corrected chi connectivity index (χ4v) is 3.68. The van der Waals surface area contributed by atoms with Gasteiger partial charge in [0.05, 0.1) is 6.04 Å². The van der Waals surface area contributed by atoms with Gasteiger partial charge in [-0.3, -0.25) is 4.90 Å². The van der Waals surface area contributed by atoms with Crippen molar-refractivity contribution in [3.05, 3.63) is 77.6 Å². The van der Waals surface area contributed by atoms with Crippen molar-refractivity contribution in [2.45, 2.75) is 19.0 Å². The van der Waals surface area contributed by atoms with E-state index in [0.29, 0.717) is 0 Å². The molecular formula is C21H26N6. The predicted molar refractivity (Wildman–Crippen MR) is 105 cm³/mol. The monoisotopic (exact) mass is 362 g/mol. The number of tetrazole rings is 1. The van der Waals surface area contributed by atoms with Crippen LogP contribution >= 0.6 is 0 Å². The SMILES string of the molecule is CN1CCN([C@H](c2ccccc2)c2nnnn2CCc2ccccc2)CC1. The normalized spacial score (nSPS) is 17.1. The number of aryl methyl sites for hydroxylation is 2. The molecule has 0 bridgehead atoms. The van der Waals surface area contributed by atoms with Gasteiger partial charge in [-0.05, 0) is 35.0 Å². The van der Waals surface area contributed by atoms with E-state index in [-0.39, 0.29) is 6.04 Å². The fourth-order valence-electron chi connectivity index (χ4n) is 3.68. The Hall–Kier alpha value is -2.57. The molecule has 140 valence electrons. The molecule has 0 spiro atoms. The molecule has 0 radical (unpaired) electrons. The van der Waals surface area contributed by atoms with Gasteiger partial charge >= 0.3 is 0 Å². The summed E-state index contributed by atoms with van der Waals surface area (Å²) in [5.41, 5.74) is 2.55. The molecule has 0 saturated carbocycles. The van der Waals surface area contributed by atoms with Crippen molar-refractivity contribution in [2.24, 2.45) is 0 Å². The largest absolute Gasteiger partial charge is 0.304 e. The Morgan fingerprint density at radius 1 is 0.889 bits per heavy atom. The first-order chi connectivity index (χ1) is 13.3. The van der Waals surface area contributed by atoms with Crippen LogP contribution in [-0.4, -0.2) is 63.2 Å². The number of benzene rings is 2. The van der Waals surface area contributed by atoms with Crippen LogP contribution in [0.5, 0.6) is 0 Å². The van der Waals surface area contributed by atoms with E-state index in [0.717, 1.165) is 45.0 Å². The zero-order valence-electron chi connectivity index (χ0n) is 15.8. The van der Waals surface area contributed by atoms with Crippen LogP contribution < -0.4 is 0 Å². The average Bonchev–Trinajstić information content (AvgIpc) is 3.18. The number of aromatic nitrogens is 4. The minimum atomic E-state index is 0.0886. The van der Waals surface area contributed by atoms with E-state index >= 15 is 0 Å². The highest BCUT2D eigenvalue weighted by molar-refractivity contribution is 5.25. The highest BCUT2D eigenvalue weighted by atomic mass is 15.5. The van der Waals surface area contributed by atoms with Crippen LogP contribution in [0.2, 0.25) is 0 Å². The second-order valence-corrected chi connectivity index (χ2v) is 7.15. The minimum Gasteiger partial charge on any atom is -0.304 e. The zero-order chi connectivity index (χ0) is 18.5. The second-order valence-electron chi connectivity index (χ2n) is 7.15. The molecule has 1 atom stereocenters. The van der Waals surface area contributed by atoms with E-state index in [1.807, 2.05) is 10.7 Å². The minimum absolute atomic E-state index is 0.0886. The van der Waals surface area contributed by atoms with Gasteiger partial charge in [0, 0.05) is 32.7 Å². The zero-order valence-corrected chi connectivity index (χ0v) is 15.8. The predicted octanol–water partition coefficient (Wildman–Crippen LogP) is 2.25. The molecular weight excluding hydrogens is 336 g/mol. The van der Waals surface area contributed by atoms with Crippen molar-refractivity contribution < 1.29 is 0 Å². The molecule has 1 aromatic heterocycles. The number of nitrogens with zero attached hydrogens (tertiary/aromatic N) is 6. The Labute approximate surface area is 160 Å². The first kappa shape index (κ1) is 17.8. The third kappa shape index (κ3) is 4.23. The van der Waals surface area contributed by atoms with Crippen molar-refractivity contribution >= 4 is 0 Å².